The Kier molecular flexibility index (Phi) is 6.86. The zero-order valence-corrected chi connectivity index (χ0v) is 15.4. The number of likely N-dealkylation sites (tertiary alicyclic amines) is 1. The third kappa shape index (κ3) is 4.96. The Morgan fingerprint density at radius 2 is 1.85 bits per heavy atom. The summed E-state index contributed by atoms with van der Waals surface area (Å²) >= 11 is 0. The lowest BCUT2D eigenvalue weighted by molar-refractivity contribution is 0.0547. The molecule has 2 heterocycles. The molecule has 0 amide bonds. The highest BCUT2D eigenvalue weighted by molar-refractivity contribution is 5.39. The lowest BCUT2D eigenvalue weighted by Crippen LogP contribution is -2.36. The molecule has 0 spiro atoms. The van der Waals surface area contributed by atoms with Crippen molar-refractivity contribution in [3.63, 3.8) is 0 Å². The smallest absolute Gasteiger partial charge is 0.161 e. The van der Waals surface area contributed by atoms with Crippen molar-refractivity contribution in [1.29, 1.82) is 0 Å². The number of nitrogens with zero attached hydrogens (tertiary/aromatic N) is 2. The first-order chi connectivity index (χ1) is 12.8. The van der Waals surface area contributed by atoms with Gasteiger partial charge in [0.05, 0.1) is 25.5 Å². The van der Waals surface area contributed by atoms with Gasteiger partial charge in [-0.2, -0.15) is 0 Å². The number of benzene rings is 1. The molecule has 140 valence electrons. The summed E-state index contributed by atoms with van der Waals surface area (Å²) in [4.78, 5) is 6.74. The van der Waals surface area contributed by atoms with Crippen LogP contribution in [0.15, 0.2) is 48.7 Å². The first-order valence-corrected chi connectivity index (χ1v) is 9.35. The van der Waals surface area contributed by atoms with Gasteiger partial charge in [-0.1, -0.05) is 18.2 Å². The van der Waals surface area contributed by atoms with E-state index in [4.69, 9.17) is 9.47 Å². The minimum absolute atomic E-state index is 0.297. The zero-order chi connectivity index (χ0) is 18.2. The second kappa shape index (κ2) is 9.55. The zero-order valence-electron chi connectivity index (χ0n) is 15.4. The van der Waals surface area contributed by atoms with Gasteiger partial charge in [-0.05, 0) is 62.5 Å². The van der Waals surface area contributed by atoms with Crippen molar-refractivity contribution in [2.24, 2.45) is 5.92 Å². The molecular weight excluding hydrogens is 328 g/mol. The van der Waals surface area contributed by atoms with E-state index in [1.807, 2.05) is 42.5 Å². The maximum atomic E-state index is 10.5. The van der Waals surface area contributed by atoms with Crippen LogP contribution in [0.5, 0.6) is 11.5 Å². The molecule has 1 aromatic heterocycles. The second-order valence-electron chi connectivity index (χ2n) is 6.73. The van der Waals surface area contributed by atoms with Gasteiger partial charge in [0.15, 0.2) is 11.5 Å². The number of hydrogen-bond acceptors (Lipinski definition) is 5. The molecule has 3 rings (SSSR count). The van der Waals surface area contributed by atoms with Crippen molar-refractivity contribution in [1.82, 2.24) is 9.88 Å². The van der Waals surface area contributed by atoms with E-state index in [0.29, 0.717) is 12.5 Å². The van der Waals surface area contributed by atoms with Gasteiger partial charge in [-0.25, -0.2) is 0 Å². The number of aromatic nitrogens is 1. The predicted octanol–water partition coefficient (Wildman–Crippen LogP) is 3.30. The first kappa shape index (κ1) is 18.7. The number of rotatable bonds is 8. The van der Waals surface area contributed by atoms with Crippen LogP contribution in [0.2, 0.25) is 0 Å². The lowest BCUT2D eigenvalue weighted by Gasteiger charge is -2.34. The molecule has 1 saturated heterocycles. The first-order valence-electron chi connectivity index (χ1n) is 9.35. The fourth-order valence-electron chi connectivity index (χ4n) is 3.49. The van der Waals surface area contributed by atoms with Crippen LogP contribution in [0.25, 0.3) is 0 Å². The van der Waals surface area contributed by atoms with E-state index in [0.717, 1.165) is 56.1 Å². The number of pyridine rings is 1. The summed E-state index contributed by atoms with van der Waals surface area (Å²) < 4.78 is 11.1. The Morgan fingerprint density at radius 1 is 1.12 bits per heavy atom. The number of methoxy groups -OCH3 is 1. The molecule has 1 N–H and O–H groups in total. The van der Waals surface area contributed by atoms with Gasteiger partial charge >= 0.3 is 0 Å². The molecule has 1 aromatic carbocycles. The normalized spacial score (nSPS) is 17.0. The van der Waals surface area contributed by atoms with Crippen molar-refractivity contribution in [2.45, 2.75) is 25.4 Å². The van der Waals surface area contributed by atoms with Gasteiger partial charge in [-0.3, -0.25) is 4.98 Å². The molecule has 1 aliphatic rings. The van der Waals surface area contributed by atoms with Gasteiger partial charge < -0.3 is 19.5 Å². The molecule has 1 fully saturated rings. The van der Waals surface area contributed by atoms with E-state index in [-0.39, 0.29) is 0 Å². The van der Waals surface area contributed by atoms with E-state index >= 15 is 0 Å². The second-order valence-corrected chi connectivity index (χ2v) is 6.73. The van der Waals surface area contributed by atoms with Crippen LogP contribution in [0, 0.1) is 5.92 Å². The fraction of sp³-hybridized carbons (Fsp3) is 0.476. The van der Waals surface area contributed by atoms with Crippen LogP contribution in [-0.4, -0.2) is 48.3 Å². The van der Waals surface area contributed by atoms with E-state index in [2.05, 4.69) is 9.88 Å². The highest BCUT2D eigenvalue weighted by Gasteiger charge is 2.26. The SMILES string of the molecule is COc1ccccc1OCCCN1CCC(C(O)c2ccccn2)CC1. The van der Waals surface area contributed by atoms with Gasteiger partial charge in [0.25, 0.3) is 0 Å². The quantitative estimate of drug-likeness (QED) is 0.736. The number of ether oxygens (including phenoxy) is 2. The summed E-state index contributed by atoms with van der Waals surface area (Å²) in [7, 11) is 1.66. The third-order valence-corrected chi connectivity index (χ3v) is 5.01. The highest BCUT2D eigenvalue weighted by atomic mass is 16.5. The van der Waals surface area contributed by atoms with E-state index in [9.17, 15) is 5.11 Å². The van der Waals surface area contributed by atoms with Gasteiger partial charge in [-0.15, -0.1) is 0 Å². The van der Waals surface area contributed by atoms with Crippen LogP contribution in [0.3, 0.4) is 0 Å². The van der Waals surface area contributed by atoms with Crippen molar-refractivity contribution < 1.29 is 14.6 Å². The van der Waals surface area contributed by atoms with Crippen LogP contribution < -0.4 is 9.47 Å². The summed E-state index contributed by atoms with van der Waals surface area (Å²) in [6.45, 7) is 3.73. The monoisotopic (exact) mass is 356 g/mol. The van der Waals surface area contributed by atoms with Crippen molar-refractivity contribution in [3.05, 3.63) is 54.4 Å². The van der Waals surface area contributed by atoms with Crippen LogP contribution in [0.4, 0.5) is 0 Å². The Balaban J connectivity index is 1.37. The van der Waals surface area contributed by atoms with E-state index in [1.54, 1.807) is 13.3 Å². The Labute approximate surface area is 155 Å². The Hall–Kier alpha value is -2.11. The average Bonchev–Trinajstić information content (AvgIpc) is 2.72. The molecule has 1 unspecified atom stereocenters. The van der Waals surface area contributed by atoms with E-state index < -0.39 is 6.10 Å². The number of para-hydroxylation sites is 2. The fourth-order valence-corrected chi connectivity index (χ4v) is 3.49. The Morgan fingerprint density at radius 3 is 2.54 bits per heavy atom. The number of aliphatic hydroxyl groups is 1. The molecule has 2 aromatic rings. The Bertz CT molecular complexity index is 657. The van der Waals surface area contributed by atoms with Crippen molar-refractivity contribution >= 4 is 0 Å². The number of piperidine rings is 1. The third-order valence-electron chi connectivity index (χ3n) is 5.01. The van der Waals surface area contributed by atoms with E-state index in [1.165, 1.54) is 0 Å². The molecule has 0 bridgehead atoms. The van der Waals surface area contributed by atoms with Gasteiger partial charge in [0.2, 0.25) is 0 Å². The van der Waals surface area contributed by atoms with Gasteiger partial charge in [0, 0.05) is 12.7 Å². The van der Waals surface area contributed by atoms with Crippen molar-refractivity contribution in [3.8, 4) is 11.5 Å². The topological polar surface area (TPSA) is 54.8 Å². The van der Waals surface area contributed by atoms with Crippen LogP contribution in [-0.2, 0) is 0 Å². The minimum Gasteiger partial charge on any atom is -0.493 e. The maximum Gasteiger partial charge on any atom is 0.161 e. The minimum atomic E-state index is -0.452. The molecule has 1 aliphatic heterocycles. The number of hydrogen-bond donors (Lipinski definition) is 1. The summed E-state index contributed by atoms with van der Waals surface area (Å²) in [5.41, 5.74) is 0.788. The number of aliphatic hydroxyl groups excluding tert-OH is 1. The summed E-state index contributed by atoms with van der Waals surface area (Å²) in [6.07, 6.45) is 4.28. The molecule has 5 heteroatoms. The molecule has 1 atom stereocenters. The lowest BCUT2D eigenvalue weighted by atomic mass is 9.89. The average molecular weight is 356 g/mol. The van der Waals surface area contributed by atoms with Gasteiger partial charge in [0.1, 0.15) is 0 Å². The van der Waals surface area contributed by atoms with Crippen LogP contribution >= 0.6 is 0 Å². The molecule has 5 nitrogen and oxygen atoms in total. The van der Waals surface area contributed by atoms with Crippen LogP contribution in [0.1, 0.15) is 31.1 Å². The predicted molar refractivity (Wildman–Crippen MR) is 101 cm³/mol. The molecule has 0 radical (unpaired) electrons. The molecule has 0 aliphatic carbocycles. The highest BCUT2D eigenvalue weighted by Crippen LogP contribution is 2.30. The maximum absolute atomic E-state index is 10.5. The molecular formula is C21H28N2O3. The van der Waals surface area contributed by atoms with Crippen molar-refractivity contribution in [2.75, 3.05) is 33.4 Å². The molecule has 26 heavy (non-hydrogen) atoms. The summed E-state index contributed by atoms with van der Waals surface area (Å²) in [5.74, 6) is 1.87. The largest absolute Gasteiger partial charge is 0.493 e. The molecule has 0 saturated carbocycles. The summed E-state index contributed by atoms with van der Waals surface area (Å²) in [5, 5.41) is 10.5. The summed E-state index contributed by atoms with van der Waals surface area (Å²) in [6, 6.07) is 13.5. The standard InChI is InChI=1S/C21H28N2O3/c1-25-19-8-2-3-9-20(19)26-16-6-13-23-14-10-17(11-15-23)21(24)18-7-4-5-12-22-18/h2-5,7-9,12,17,21,24H,6,10-11,13-16H2,1H3.